The van der Waals surface area contributed by atoms with Crippen LogP contribution in [0, 0.1) is 0 Å². The molecule has 0 aliphatic rings. The summed E-state index contributed by atoms with van der Waals surface area (Å²) in [7, 11) is 0. The van der Waals surface area contributed by atoms with Gasteiger partial charge in [0.1, 0.15) is 0 Å². The van der Waals surface area contributed by atoms with Crippen LogP contribution in [0.25, 0.3) is 0 Å². The lowest BCUT2D eigenvalue weighted by atomic mass is 10.2. The van der Waals surface area contributed by atoms with Gasteiger partial charge in [-0.25, -0.2) is 8.78 Å². The Labute approximate surface area is 82.6 Å². The van der Waals surface area contributed by atoms with Crippen LogP contribution in [0.15, 0.2) is 0 Å². The molecule has 0 saturated heterocycles. The van der Waals surface area contributed by atoms with E-state index in [2.05, 4.69) is 5.32 Å². The molecule has 0 spiro atoms. The van der Waals surface area contributed by atoms with Crippen LogP contribution in [0.3, 0.4) is 0 Å². The second-order valence-electron chi connectivity index (χ2n) is 2.87. The van der Waals surface area contributed by atoms with Gasteiger partial charge in [-0.2, -0.15) is 11.8 Å². The molecule has 0 heterocycles. The van der Waals surface area contributed by atoms with Crippen molar-refractivity contribution in [3.8, 4) is 0 Å². The molecule has 0 aliphatic heterocycles. The van der Waals surface area contributed by atoms with Gasteiger partial charge in [0.05, 0.1) is 6.54 Å². The van der Waals surface area contributed by atoms with E-state index >= 15 is 0 Å². The van der Waals surface area contributed by atoms with Gasteiger partial charge in [0.15, 0.2) is 0 Å². The van der Waals surface area contributed by atoms with Crippen molar-refractivity contribution < 1.29 is 8.78 Å². The van der Waals surface area contributed by atoms with Gasteiger partial charge in [-0.05, 0) is 24.9 Å². The summed E-state index contributed by atoms with van der Waals surface area (Å²) < 4.78 is 23.6. The summed E-state index contributed by atoms with van der Waals surface area (Å²) in [6, 6.07) is 0.0427. The van der Waals surface area contributed by atoms with E-state index in [0.717, 1.165) is 18.6 Å². The van der Waals surface area contributed by atoms with Gasteiger partial charge in [-0.15, -0.1) is 0 Å². The monoisotopic (exact) mass is 212 g/mol. The van der Waals surface area contributed by atoms with Gasteiger partial charge in [0.2, 0.25) is 0 Å². The van der Waals surface area contributed by atoms with E-state index in [4.69, 9.17) is 5.73 Å². The topological polar surface area (TPSA) is 38.0 Å². The summed E-state index contributed by atoms with van der Waals surface area (Å²) in [5, 5.41) is 2.74. The first kappa shape index (κ1) is 13.1. The van der Waals surface area contributed by atoms with Crippen molar-refractivity contribution in [3.05, 3.63) is 0 Å². The lowest BCUT2D eigenvalue weighted by Gasteiger charge is -2.15. The van der Waals surface area contributed by atoms with E-state index in [-0.39, 0.29) is 12.6 Å². The van der Waals surface area contributed by atoms with Gasteiger partial charge >= 0.3 is 0 Å². The molecule has 80 valence electrons. The minimum absolute atomic E-state index is 0.0427. The molecular weight excluding hydrogens is 194 g/mol. The molecule has 0 aromatic carbocycles. The third kappa shape index (κ3) is 8.46. The number of alkyl halides is 2. The number of hydrogen-bond acceptors (Lipinski definition) is 3. The van der Waals surface area contributed by atoms with Crippen molar-refractivity contribution in [2.45, 2.75) is 25.3 Å². The molecule has 1 atom stereocenters. The van der Waals surface area contributed by atoms with Crippen LogP contribution >= 0.6 is 11.8 Å². The Kier molecular flexibility index (Phi) is 8.80. The average Bonchev–Trinajstić information content (AvgIpc) is 2.10. The van der Waals surface area contributed by atoms with E-state index < -0.39 is 6.43 Å². The molecule has 0 radical (unpaired) electrons. The molecule has 0 rings (SSSR count). The third-order valence-electron chi connectivity index (χ3n) is 1.75. The molecule has 0 aromatic rings. The summed E-state index contributed by atoms with van der Waals surface area (Å²) in [5.41, 5.74) is 5.43. The van der Waals surface area contributed by atoms with E-state index in [1.807, 2.05) is 6.26 Å². The fraction of sp³-hybridized carbons (Fsp3) is 1.00. The van der Waals surface area contributed by atoms with Crippen LogP contribution in [-0.2, 0) is 0 Å². The van der Waals surface area contributed by atoms with E-state index in [9.17, 15) is 8.78 Å². The van der Waals surface area contributed by atoms with Gasteiger partial charge in [-0.1, -0.05) is 0 Å². The van der Waals surface area contributed by atoms with Gasteiger partial charge < -0.3 is 11.1 Å². The number of nitrogens with two attached hydrogens (primary N) is 1. The zero-order valence-electron chi connectivity index (χ0n) is 7.93. The summed E-state index contributed by atoms with van der Waals surface area (Å²) >= 11 is 1.76. The second-order valence-corrected chi connectivity index (χ2v) is 3.85. The van der Waals surface area contributed by atoms with Crippen LogP contribution in [0.4, 0.5) is 8.78 Å². The normalized spacial score (nSPS) is 13.6. The first-order chi connectivity index (χ1) is 6.20. The number of thioether (sulfide) groups is 1. The molecule has 3 N–H and O–H groups in total. The number of rotatable bonds is 8. The first-order valence-electron chi connectivity index (χ1n) is 4.41. The van der Waals surface area contributed by atoms with E-state index in [1.54, 1.807) is 11.8 Å². The van der Waals surface area contributed by atoms with Gasteiger partial charge in [-0.3, -0.25) is 0 Å². The maximum atomic E-state index is 11.8. The fourth-order valence-corrected chi connectivity index (χ4v) is 1.49. The summed E-state index contributed by atoms with van der Waals surface area (Å²) in [6.07, 6.45) is 1.66. The molecule has 13 heavy (non-hydrogen) atoms. The fourth-order valence-electron chi connectivity index (χ4n) is 1.03. The molecule has 5 heteroatoms. The molecule has 0 amide bonds. The Hall–Kier alpha value is 0.130. The Bertz CT molecular complexity index is 114. The standard InChI is InChI=1S/C8H18F2N2S/c1-13-4-2-3-7(5-11)12-6-8(9)10/h7-8,12H,2-6,11H2,1H3. The van der Waals surface area contributed by atoms with Crippen LogP contribution < -0.4 is 11.1 Å². The van der Waals surface area contributed by atoms with Crippen molar-refractivity contribution in [3.63, 3.8) is 0 Å². The van der Waals surface area contributed by atoms with E-state index in [1.165, 1.54) is 0 Å². The highest BCUT2D eigenvalue weighted by molar-refractivity contribution is 7.98. The zero-order chi connectivity index (χ0) is 10.1. The SMILES string of the molecule is CSCCCC(CN)NCC(F)F. The maximum Gasteiger partial charge on any atom is 0.250 e. The Morgan fingerprint density at radius 1 is 1.46 bits per heavy atom. The quantitative estimate of drug-likeness (QED) is 0.596. The van der Waals surface area contributed by atoms with Crippen LogP contribution in [0.5, 0.6) is 0 Å². The summed E-state index contributed by atoms with van der Waals surface area (Å²) in [4.78, 5) is 0. The van der Waals surface area contributed by atoms with Crippen LogP contribution in [0.1, 0.15) is 12.8 Å². The van der Waals surface area contributed by atoms with Crippen LogP contribution in [-0.4, -0.2) is 37.6 Å². The summed E-state index contributed by atoms with van der Waals surface area (Å²) in [5.74, 6) is 1.06. The van der Waals surface area contributed by atoms with Crippen molar-refractivity contribution in [2.75, 3.05) is 25.1 Å². The Morgan fingerprint density at radius 2 is 2.15 bits per heavy atom. The number of nitrogens with one attached hydrogen (secondary N) is 1. The highest BCUT2D eigenvalue weighted by Crippen LogP contribution is 2.02. The number of hydrogen-bond donors (Lipinski definition) is 2. The number of halogens is 2. The largest absolute Gasteiger partial charge is 0.329 e. The third-order valence-corrected chi connectivity index (χ3v) is 2.44. The highest BCUT2D eigenvalue weighted by atomic mass is 32.2. The molecule has 1 unspecified atom stereocenters. The summed E-state index contributed by atoms with van der Waals surface area (Å²) in [6.45, 7) is 0.183. The maximum absolute atomic E-state index is 11.8. The Morgan fingerprint density at radius 3 is 2.62 bits per heavy atom. The first-order valence-corrected chi connectivity index (χ1v) is 5.80. The predicted molar refractivity (Wildman–Crippen MR) is 54.5 cm³/mol. The molecule has 0 fully saturated rings. The predicted octanol–water partition coefficient (Wildman–Crippen LogP) is 1.31. The van der Waals surface area contributed by atoms with E-state index in [0.29, 0.717) is 6.54 Å². The molecule has 0 saturated carbocycles. The molecule has 0 aliphatic carbocycles. The lowest BCUT2D eigenvalue weighted by Crippen LogP contribution is -2.38. The average molecular weight is 212 g/mol. The lowest BCUT2D eigenvalue weighted by molar-refractivity contribution is 0.141. The van der Waals surface area contributed by atoms with Crippen molar-refractivity contribution in [1.29, 1.82) is 0 Å². The van der Waals surface area contributed by atoms with Gasteiger partial charge in [0.25, 0.3) is 6.43 Å². The molecular formula is C8H18F2N2S. The molecule has 0 aromatic heterocycles. The molecule has 0 bridgehead atoms. The second kappa shape index (κ2) is 8.72. The van der Waals surface area contributed by atoms with Crippen molar-refractivity contribution in [1.82, 2.24) is 5.32 Å². The Balaban J connectivity index is 3.39. The van der Waals surface area contributed by atoms with Crippen molar-refractivity contribution >= 4 is 11.8 Å². The minimum Gasteiger partial charge on any atom is -0.329 e. The minimum atomic E-state index is -2.28. The highest BCUT2D eigenvalue weighted by Gasteiger charge is 2.08. The van der Waals surface area contributed by atoms with Crippen molar-refractivity contribution in [2.24, 2.45) is 5.73 Å². The van der Waals surface area contributed by atoms with Crippen LogP contribution in [0.2, 0.25) is 0 Å². The van der Waals surface area contributed by atoms with Gasteiger partial charge in [0, 0.05) is 12.6 Å². The molecule has 2 nitrogen and oxygen atoms in total. The smallest absolute Gasteiger partial charge is 0.250 e. The zero-order valence-corrected chi connectivity index (χ0v) is 8.75.